The first-order valence-corrected chi connectivity index (χ1v) is 8.63. The molecule has 0 unspecified atom stereocenters. The van der Waals surface area contributed by atoms with Gasteiger partial charge in [0.25, 0.3) is 0 Å². The van der Waals surface area contributed by atoms with E-state index in [1.165, 1.54) is 0 Å². The van der Waals surface area contributed by atoms with Gasteiger partial charge in [0, 0.05) is 23.6 Å². The molecule has 0 bridgehead atoms. The van der Waals surface area contributed by atoms with Gasteiger partial charge < -0.3 is 13.9 Å². The van der Waals surface area contributed by atoms with Crippen LogP contribution in [0.2, 0.25) is 0 Å². The summed E-state index contributed by atoms with van der Waals surface area (Å²) >= 11 is 0. The maximum absolute atomic E-state index is 6.10. The highest BCUT2D eigenvalue weighted by atomic mass is 16.5. The van der Waals surface area contributed by atoms with Gasteiger partial charge in [-0.2, -0.15) is 0 Å². The zero-order valence-electron chi connectivity index (χ0n) is 14.3. The minimum Gasteiger partial charge on any atom is -0.497 e. The van der Waals surface area contributed by atoms with Gasteiger partial charge in [0.1, 0.15) is 17.1 Å². The first-order valence-electron chi connectivity index (χ1n) is 8.63. The van der Waals surface area contributed by atoms with Gasteiger partial charge in [-0.15, -0.1) is 0 Å². The highest BCUT2D eigenvalue weighted by Crippen LogP contribution is 2.24. The molecule has 3 aromatic rings. The van der Waals surface area contributed by atoms with Crippen LogP contribution in [-0.4, -0.2) is 26.4 Å². The van der Waals surface area contributed by atoms with E-state index in [1.807, 2.05) is 54.6 Å². The largest absolute Gasteiger partial charge is 0.497 e. The Bertz CT molecular complexity index is 922. The third-order valence-corrected chi connectivity index (χ3v) is 4.51. The first-order chi connectivity index (χ1) is 12.3. The van der Waals surface area contributed by atoms with E-state index in [2.05, 4.69) is 0 Å². The molecule has 0 spiro atoms. The molecular weight excluding hydrogens is 314 g/mol. The van der Waals surface area contributed by atoms with E-state index in [4.69, 9.17) is 18.9 Å². The van der Waals surface area contributed by atoms with Crippen LogP contribution in [0.1, 0.15) is 12.8 Å². The van der Waals surface area contributed by atoms with Crippen molar-refractivity contribution in [2.45, 2.75) is 18.9 Å². The van der Waals surface area contributed by atoms with Gasteiger partial charge in [-0.05, 0) is 49.2 Å². The Morgan fingerprint density at radius 2 is 1.96 bits per heavy atom. The second kappa shape index (κ2) is 7.11. The topological polar surface area (TPSA) is 44.0 Å². The predicted molar refractivity (Wildman–Crippen MR) is 97.6 cm³/mol. The van der Waals surface area contributed by atoms with E-state index in [9.17, 15) is 0 Å². The fourth-order valence-electron chi connectivity index (χ4n) is 3.13. The summed E-state index contributed by atoms with van der Waals surface area (Å²) in [5.74, 6) is 1.63. The Kier molecular flexibility index (Phi) is 4.53. The molecule has 1 aliphatic heterocycles. The van der Waals surface area contributed by atoms with Gasteiger partial charge in [-0.1, -0.05) is 12.1 Å². The number of ether oxygens (including phenoxy) is 2. The monoisotopic (exact) mass is 335 g/mol. The van der Waals surface area contributed by atoms with E-state index in [1.54, 1.807) is 7.11 Å². The van der Waals surface area contributed by atoms with Crippen LogP contribution in [0.5, 0.6) is 5.75 Å². The molecule has 0 amide bonds. The molecule has 4 heteroatoms. The Morgan fingerprint density at radius 3 is 2.72 bits per heavy atom. The number of nitrogens with zero attached hydrogens (tertiary/aromatic N) is 1. The van der Waals surface area contributed by atoms with Crippen molar-refractivity contribution in [3.63, 3.8) is 0 Å². The zero-order valence-corrected chi connectivity index (χ0v) is 14.3. The summed E-state index contributed by atoms with van der Waals surface area (Å²) in [6.45, 7) is 1.54. The lowest BCUT2D eigenvalue weighted by atomic mass is 10.1. The molecule has 2 aromatic carbocycles. The number of hydrogen-bond donors (Lipinski definition) is 0. The number of para-hydroxylation sites is 1. The summed E-state index contributed by atoms with van der Waals surface area (Å²) < 4.78 is 17.0. The summed E-state index contributed by atoms with van der Waals surface area (Å²) in [4.78, 5) is 4.83. The zero-order chi connectivity index (χ0) is 17.1. The number of methoxy groups -OCH3 is 1. The van der Waals surface area contributed by atoms with Crippen molar-refractivity contribution >= 4 is 11.0 Å². The van der Waals surface area contributed by atoms with Gasteiger partial charge in [-0.25, -0.2) is 0 Å². The SMILES string of the molecule is COc1ccc(-c2cc(=NC[C@H]3CCCO3)c3ccccc3o2)cc1. The third kappa shape index (κ3) is 3.44. The Hall–Kier alpha value is -2.59. The number of rotatable bonds is 4. The Morgan fingerprint density at radius 1 is 1.12 bits per heavy atom. The van der Waals surface area contributed by atoms with Crippen molar-refractivity contribution in [2.75, 3.05) is 20.3 Å². The maximum Gasteiger partial charge on any atom is 0.136 e. The van der Waals surface area contributed by atoms with Crippen molar-refractivity contribution in [1.29, 1.82) is 0 Å². The fourth-order valence-corrected chi connectivity index (χ4v) is 3.13. The summed E-state index contributed by atoms with van der Waals surface area (Å²) in [6, 6.07) is 17.9. The van der Waals surface area contributed by atoms with Gasteiger partial charge in [0.15, 0.2) is 0 Å². The highest BCUT2D eigenvalue weighted by molar-refractivity contribution is 5.78. The van der Waals surface area contributed by atoms with Crippen molar-refractivity contribution in [1.82, 2.24) is 0 Å². The van der Waals surface area contributed by atoms with Crippen LogP contribution in [0.15, 0.2) is 64.0 Å². The first kappa shape index (κ1) is 15.9. The molecule has 4 rings (SSSR count). The van der Waals surface area contributed by atoms with Crippen LogP contribution in [0.25, 0.3) is 22.3 Å². The molecule has 128 valence electrons. The van der Waals surface area contributed by atoms with Gasteiger partial charge in [0.05, 0.1) is 25.1 Å². The van der Waals surface area contributed by atoms with Crippen molar-refractivity contribution in [3.05, 3.63) is 60.0 Å². The highest BCUT2D eigenvalue weighted by Gasteiger charge is 2.14. The van der Waals surface area contributed by atoms with Crippen LogP contribution >= 0.6 is 0 Å². The number of hydrogen-bond acceptors (Lipinski definition) is 4. The summed E-state index contributed by atoms with van der Waals surface area (Å²) in [5, 5.41) is 1.97. The van der Waals surface area contributed by atoms with E-state index in [-0.39, 0.29) is 6.10 Å². The van der Waals surface area contributed by atoms with Crippen LogP contribution < -0.4 is 10.1 Å². The summed E-state index contributed by atoms with van der Waals surface area (Å²) in [7, 11) is 1.66. The molecule has 0 radical (unpaired) electrons. The minimum absolute atomic E-state index is 0.236. The third-order valence-electron chi connectivity index (χ3n) is 4.51. The number of fused-ring (bicyclic) bond motifs is 1. The molecule has 0 saturated carbocycles. The average molecular weight is 335 g/mol. The van der Waals surface area contributed by atoms with Gasteiger partial charge in [0.2, 0.25) is 0 Å². The molecule has 4 nitrogen and oxygen atoms in total. The van der Waals surface area contributed by atoms with Crippen LogP contribution in [0.4, 0.5) is 0 Å². The van der Waals surface area contributed by atoms with Crippen LogP contribution in [0.3, 0.4) is 0 Å². The molecule has 1 aromatic heterocycles. The molecule has 1 fully saturated rings. The van der Waals surface area contributed by atoms with Crippen LogP contribution in [-0.2, 0) is 4.74 Å². The summed E-state index contributed by atoms with van der Waals surface area (Å²) in [5.41, 5.74) is 1.84. The average Bonchev–Trinajstić information content (AvgIpc) is 3.19. The molecular formula is C21H21NO3. The lowest BCUT2D eigenvalue weighted by Crippen LogP contribution is -2.13. The van der Waals surface area contributed by atoms with Gasteiger partial charge >= 0.3 is 0 Å². The quantitative estimate of drug-likeness (QED) is 0.718. The van der Waals surface area contributed by atoms with E-state index >= 15 is 0 Å². The second-order valence-corrected chi connectivity index (χ2v) is 6.20. The van der Waals surface area contributed by atoms with Crippen molar-refractivity contribution < 1.29 is 13.9 Å². The van der Waals surface area contributed by atoms with Crippen LogP contribution in [0, 0.1) is 0 Å². The predicted octanol–water partition coefficient (Wildman–Crippen LogP) is 4.19. The molecule has 0 N–H and O–H groups in total. The molecule has 1 saturated heterocycles. The minimum atomic E-state index is 0.236. The summed E-state index contributed by atoms with van der Waals surface area (Å²) in [6.07, 6.45) is 2.45. The smallest absolute Gasteiger partial charge is 0.136 e. The Labute approximate surface area is 146 Å². The standard InChI is InChI=1S/C21H21NO3/c1-23-16-10-8-15(9-11-16)21-13-19(22-14-17-5-4-12-24-17)18-6-2-3-7-20(18)25-21/h2-3,6-11,13,17H,4-5,12,14H2,1H3/t17-/m1/s1. The van der Waals surface area contributed by atoms with E-state index < -0.39 is 0 Å². The lowest BCUT2D eigenvalue weighted by Gasteiger charge is -2.07. The Balaban J connectivity index is 1.78. The molecule has 0 aliphatic carbocycles. The van der Waals surface area contributed by atoms with Crippen molar-refractivity contribution in [2.24, 2.45) is 4.99 Å². The fraction of sp³-hybridized carbons (Fsp3) is 0.286. The lowest BCUT2D eigenvalue weighted by molar-refractivity contribution is 0.117. The second-order valence-electron chi connectivity index (χ2n) is 6.20. The maximum atomic E-state index is 6.10. The molecule has 1 atom stereocenters. The molecule has 1 aliphatic rings. The van der Waals surface area contributed by atoms with Gasteiger partial charge in [-0.3, -0.25) is 4.99 Å². The normalized spacial score (nSPS) is 18.0. The van der Waals surface area contributed by atoms with Crippen molar-refractivity contribution in [3.8, 4) is 17.1 Å². The molecule has 2 heterocycles. The molecule has 25 heavy (non-hydrogen) atoms. The van der Waals surface area contributed by atoms with E-state index in [0.717, 1.165) is 52.8 Å². The van der Waals surface area contributed by atoms with E-state index in [0.29, 0.717) is 6.54 Å². The number of benzene rings is 2.